The summed E-state index contributed by atoms with van der Waals surface area (Å²) in [5.74, 6) is 2.69. The van der Waals surface area contributed by atoms with Crippen molar-refractivity contribution in [2.45, 2.75) is 89.4 Å². The van der Waals surface area contributed by atoms with E-state index in [1.165, 1.54) is 11.1 Å². The van der Waals surface area contributed by atoms with Crippen molar-refractivity contribution in [3.63, 3.8) is 0 Å². The summed E-state index contributed by atoms with van der Waals surface area (Å²) in [4.78, 5) is 32.2. The molecule has 1 N–H and O–H groups in total. The van der Waals surface area contributed by atoms with Gasteiger partial charge < -0.3 is 19.2 Å². The normalized spacial score (nSPS) is 24.0. The molecule has 0 aliphatic heterocycles. The van der Waals surface area contributed by atoms with E-state index >= 15 is 0 Å². The molecular weight excluding hydrogens is 540 g/mol. The fraction of sp³-hybridized carbons (Fsp3) is 0.528. The number of anilines is 1. The van der Waals surface area contributed by atoms with Crippen LogP contribution in [0, 0.1) is 24.7 Å². The number of hydrogen-bond donors (Lipinski definition) is 1. The fourth-order valence-corrected chi connectivity index (χ4v) is 7.27. The maximum Gasteiger partial charge on any atom is 0.303 e. The zero-order chi connectivity index (χ0) is 29.9. The first-order valence-corrected chi connectivity index (χ1v) is 16.1. The molecule has 0 atom stereocenters. The molecule has 0 spiro atoms. The van der Waals surface area contributed by atoms with E-state index in [1.807, 2.05) is 23.1 Å². The Labute approximate surface area is 254 Å². The molecule has 3 aromatic rings. The molecule has 3 aliphatic rings. The lowest BCUT2D eigenvalue weighted by Gasteiger charge is -2.36. The zero-order valence-corrected chi connectivity index (χ0v) is 25.5. The molecule has 7 heteroatoms. The Hall–Kier alpha value is -3.61. The highest BCUT2D eigenvalue weighted by Gasteiger charge is 2.34. The number of aliphatic carboxylic acids is 1. The summed E-state index contributed by atoms with van der Waals surface area (Å²) in [7, 11) is 1.72. The van der Waals surface area contributed by atoms with Crippen LogP contribution in [0.5, 0.6) is 5.75 Å². The first-order chi connectivity index (χ1) is 20.9. The topological polar surface area (TPSA) is 92.9 Å². The lowest BCUT2D eigenvalue weighted by molar-refractivity contribution is -0.138. The van der Waals surface area contributed by atoms with Crippen LogP contribution in [0.2, 0.25) is 0 Å². The number of nitrogens with zero attached hydrogens (tertiary/aromatic N) is 2. The second kappa shape index (κ2) is 12.9. The Bertz CT molecular complexity index is 1430. The molecule has 6 rings (SSSR count). The van der Waals surface area contributed by atoms with Crippen LogP contribution in [0.3, 0.4) is 0 Å². The molecular formula is C36H44N2O5. The highest BCUT2D eigenvalue weighted by molar-refractivity contribution is 5.95. The summed E-state index contributed by atoms with van der Waals surface area (Å²) in [6.07, 6.45) is 11.7. The molecule has 0 bridgehead atoms. The zero-order valence-electron chi connectivity index (χ0n) is 25.5. The monoisotopic (exact) mass is 584 g/mol. The number of carbonyl (C=O) groups is 2. The highest BCUT2D eigenvalue weighted by atomic mass is 16.5. The summed E-state index contributed by atoms with van der Waals surface area (Å²) >= 11 is 0. The second-order valence-corrected chi connectivity index (χ2v) is 13.1. The third kappa shape index (κ3) is 6.97. The number of ether oxygens (including phenoxy) is 1. The number of oxazole rings is 1. The minimum atomic E-state index is -0.744. The molecule has 43 heavy (non-hydrogen) atoms. The van der Waals surface area contributed by atoms with Crippen molar-refractivity contribution in [2.24, 2.45) is 17.8 Å². The number of aromatic nitrogens is 1. The van der Waals surface area contributed by atoms with Crippen molar-refractivity contribution in [1.29, 1.82) is 0 Å². The molecule has 0 unspecified atom stereocenters. The van der Waals surface area contributed by atoms with Gasteiger partial charge in [0.25, 0.3) is 0 Å². The summed E-state index contributed by atoms with van der Waals surface area (Å²) in [6.45, 7) is 2.81. The van der Waals surface area contributed by atoms with Crippen LogP contribution in [-0.2, 0) is 9.59 Å². The maximum atomic E-state index is 14.2. The van der Waals surface area contributed by atoms with Crippen LogP contribution in [0.25, 0.3) is 11.3 Å². The average molecular weight is 585 g/mol. The van der Waals surface area contributed by atoms with Gasteiger partial charge in [0.05, 0.1) is 7.11 Å². The maximum absolute atomic E-state index is 14.2. The van der Waals surface area contributed by atoms with Crippen molar-refractivity contribution in [3.05, 3.63) is 65.7 Å². The van der Waals surface area contributed by atoms with Crippen LogP contribution in [-0.4, -0.2) is 35.6 Å². The summed E-state index contributed by atoms with van der Waals surface area (Å²) < 4.78 is 11.2. The van der Waals surface area contributed by atoms with E-state index in [2.05, 4.69) is 31.2 Å². The Morgan fingerprint density at radius 1 is 0.930 bits per heavy atom. The number of methoxy groups -OCH3 is 1. The van der Waals surface area contributed by atoms with E-state index in [4.69, 9.17) is 14.1 Å². The number of carbonyl (C=O) groups excluding carboxylic acids is 1. The van der Waals surface area contributed by atoms with Crippen molar-refractivity contribution < 1.29 is 23.8 Å². The predicted octanol–water partition coefficient (Wildman–Crippen LogP) is 8.12. The number of aryl methyl sites for hydroxylation is 1. The van der Waals surface area contributed by atoms with E-state index in [9.17, 15) is 14.7 Å². The Morgan fingerprint density at radius 2 is 1.65 bits per heavy atom. The lowest BCUT2D eigenvalue weighted by Crippen LogP contribution is -2.41. The number of amides is 1. The minimum Gasteiger partial charge on any atom is -0.496 e. The molecule has 1 aromatic heterocycles. The van der Waals surface area contributed by atoms with Gasteiger partial charge in [-0.2, -0.15) is 0 Å². The van der Waals surface area contributed by atoms with Crippen molar-refractivity contribution >= 4 is 17.6 Å². The van der Waals surface area contributed by atoms with Crippen LogP contribution < -0.4 is 9.64 Å². The third-order valence-corrected chi connectivity index (χ3v) is 10.0. The molecule has 1 heterocycles. The largest absolute Gasteiger partial charge is 0.496 e. The van der Waals surface area contributed by atoms with Gasteiger partial charge in [-0.05, 0) is 118 Å². The van der Waals surface area contributed by atoms with Crippen molar-refractivity contribution in [1.82, 2.24) is 4.98 Å². The summed E-state index contributed by atoms with van der Waals surface area (Å²) in [5.41, 5.74) is 5.26. The molecule has 2 aromatic carbocycles. The van der Waals surface area contributed by atoms with Crippen LogP contribution in [0.1, 0.15) is 99.5 Å². The van der Waals surface area contributed by atoms with Gasteiger partial charge in [0, 0.05) is 36.1 Å². The standard InChI is InChI=1S/C36H44N2O5/c1-23-18-29(16-17-33(23)42-2)26-10-8-25(9-11-26)21-38(36(41)28-12-6-24(7-13-28)19-34(39)40)31-5-3-4-30(20-31)32-22-43-35(37-32)27-14-15-27/h3-5,16-18,20,22,24-28H,6-15,19,21H2,1-2H3,(H,39,40). The summed E-state index contributed by atoms with van der Waals surface area (Å²) in [5, 5.41) is 9.25. The molecule has 7 nitrogen and oxygen atoms in total. The van der Waals surface area contributed by atoms with Gasteiger partial charge >= 0.3 is 5.97 Å². The van der Waals surface area contributed by atoms with Gasteiger partial charge in [-0.3, -0.25) is 9.59 Å². The molecule has 0 radical (unpaired) electrons. The minimum absolute atomic E-state index is 0.0687. The first-order valence-electron chi connectivity index (χ1n) is 16.1. The molecule has 228 valence electrons. The quantitative estimate of drug-likeness (QED) is 0.259. The number of carboxylic acid groups (broad SMARTS) is 1. The van der Waals surface area contributed by atoms with Crippen LogP contribution in [0.15, 0.2) is 53.1 Å². The van der Waals surface area contributed by atoms with Gasteiger partial charge in [-0.15, -0.1) is 0 Å². The Balaban J connectivity index is 1.18. The Morgan fingerprint density at radius 3 is 2.33 bits per heavy atom. The van der Waals surface area contributed by atoms with E-state index in [0.29, 0.717) is 24.3 Å². The van der Waals surface area contributed by atoms with E-state index in [1.54, 1.807) is 13.4 Å². The summed E-state index contributed by atoms with van der Waals surface area (Å²) in [6, 6.07) is 14.8. The number of benzene rings is 2. The van der Waals surface area contributed by atoms with Gasteiger partial charge in [0.15, 0.2) is 5.89 Å². The van der Waals surface area contributed by atoms with Gasteiger partial charge in [0.2, 0.25) is 5.91 Å². The first kappa shape index (κ1) is 29.5. The van der Waals surface area contributed by atoms with Crippen molar-refractivity contribution in [2.75, 3.05) is 18.6 Å². The van der Waals surface area contributed by atoms with Crippen LogP contribution >= 0.6 is 0 Å². The molecule has 0 saturated heterocycles. The van der Waals surface area contributed by atoms with Crippen molar-refractivity contribution in [3.8, 4) is 17.0 Å². The van der Waals surface area contributed by atoms with Crippen LogP contribution in [0.4, 0.5) is 5.69 Å². The van der Waals surface area contributed by atoms with Gasteiger partial charge in [-0.25, -0.2) is 4.98 Å². The van der Waals surface area contributed by atoms with Gasteiger partial charge in [-0.1, -0.05) is 24.3 Å². The number of carboxylic acids is 1. The van der Waals surface area contributed by atoms with E-state index in [0.717, 1.165) is 92.8 Å². The average Bonchev–Trinajstić information content (AvgIpc) is 3.76. The molecule has 3 aliphatic carbocycles. The second-order valence-electron chi connectivity index (χ2n) is 13.1. The molecule has 1 amide bonds. The third-order valence-electron chi connectivity index (χ3n) is 10.0. The van der Waals surface area contributed by atoms with E-state index in [-0.39, 0.29) is 24.2 Å². The Kier molecular flexibility index (Phi) is 8.87. The molecule has 3 saturated carbocycles. The fourth-order valence-electron chi connectivity index (χ4n) is 7.27. The van der Waals surface area contributed by atoms with E-state index < -0.39 is 5.97 Å². The smallest absolute Gasteiger partial charge is 0.303 e. The predicted molar refractivity (Wildman–Crippen MR) is 166 cm³/mol. The highest BCUT2D eigenvalue weighted by Crippen LogP contribution is 2.41. The number of hydrogen-bond acceptors (Lipinski definition) is 5. The lowest BCUT2D eigenvalue weighted by atomic mass is 9.77. The van der Waals surface area contributed by atoms with Gasteiger partial charge in [0.1, 0.15) is 17.7 Å². The number of rotatable bonds is 10. The SMILES string of the molecule is COc1ccc(C2CCC(CN(C(=O)C3CCC(CC(=O)O)CC3)c3cccc(-c4coc(C5CC5)n4)c3)CC2)cc1C. The molecule has 3 fully saturated rings.